The second-order valence-corrected chi connectivity index (χ2v) is 7.67. The minimum absolute atomic E-state index is 0.273. The second-order valence-electron chi connectivity index (χ2n) is 7.24. The summed E-state index contributed by atoms with van der Waals surface area (Å²) in [6.45, 7) is 4.19. The van der Waals surface area contributed by atoms with Crippen LogP contribution in [0.5, 0.6) is 0 Å². The number of urea groups is 2. The van der Waals surface area contributed by atoms with Crippen LogP contribution in [0.3, 0.4) is 0 Å². The van der Waals surface area contributed by atoms with Gasteiger partial charge in [-0.05, 0) is 49.2 Å². The van der Waals surface area contributed by atoms with E-state index < -0.39 is 18.0 Å². The number of halogens is 1. The zero-order valence-electron chi connectivity index (χ0n) is 18.1. The van der Waals surface area contributed by atoms with Gasteiger partial charge in [-0.3, -0.25) is 4.90 Å². The summed E-state index contributed by atoms with van der Waals surface area (Å²) in [5.41, 5.74) is 2.74. The van der Waals surface area contributed by atoms with Crippen LogP contribution in [-0.2, 0) is 9.53 Å². The number of anilines is 2. The monoisotopic (exact) mass is 456 g/mol. The lowest BCUT2D eigenvalue weighted by Crippen LogP contribution is -2.48. The van der Waals surface area contributed by atoms with E-state index in [1.165, 1.54) is 7.11 Å². The summed E-state index contributed by atoms with van der Waals surface area (Å²) in [4.78, 5) is 38.9. The molecule has 9 heteroatoms. The molecule has 0 saturated carbocycles. The first-order valence-electron chi connectivity index (χ1n) is 10.1. The molecule has 0 bridgehead atoms. The largest absolute Gasteiger partial charge is 0.466 e. The lowest BCUT2D eigenvalue weighted by molar-refractivity contribution is -0.136. The van der Waals surface area contributed by atoms with Crippen LogP contribution in [0.15, 0.2) is 59.8 Å². The number of amides is 4. The van der Waals surface area contributed by atoms with Crippen LogP contribution >= 0.6 is 11.6 Å². The van der Waals surface area contributed by atoms with Gasteiger partial charge in [0.15, 0.2) is 0 Å². The highest BCUT2D eigenvalue weighted by atomic mass is 35.5. The molecule has 2 aromatic rings. The van der Waals surface area contributed by atoms with Crippen LogP contribution in [0.2, 0.25) is 5.02 Å². The van der Waals surface area contributed by atoms with Crippen LogP contribution < -0.4 is 16.0 Å². The van der Waals surface area contributed by atoms with Gasteiger partial charge in [-0.25, -0.2) is 14.4 Å². The highest BCUT2D eigenvalue weighted by molar-refractivity contribution is 6.30. The van der Waals surface area contributed by atoms with Crippen molar-refractivity contribution in [1.82, 2.24) is 10.2 Å². The lowest BCUT2D eigenvalue weighted by atomic mass is 9.94. The number of nitrogens with zero attached hydrogens (tertiary/aromatic N) is 1. The molecule has 168 valence electrons. The van der Waals surface area contributed by atoms with Gasteiger partial charge in [0.1, 0.15) is 0 Å². The van der Waals surface area contributed by atoms with Crippen molar-refractivity contribution in [3.63, 3.8) is 0 Å². The third-order valence-corrected chi connectivity index (χ3v) is 5.27. The number of hydrogen-bond acceptors (Lipinski definition) is 4. The number of benzene rings is 2. The second kappa shape index (κ2) is 10.2. The molecule has 3 rings (SSSR count). The Balaban J connectivity index is 1.78. The van der Waals surface area contributed by atoms with Crippen molar-refractivity contribution in [3.05, 3.63) is 70.4 Å². The van der Waals surface area contributed by atoms with E-state index in [-0.39, 0.29) is 6.03 Å². The Hall–Kier alpha value is -3.52. The Bertz CT molecular complexity index is 1050. The molecule has 0 aliphatic carbocycles. The van der Waals surface area contributed by atoms with Gasteiger partial charge < -0.3 is 20.7 Å². The van der Waals surface area contributed by atoms with Gasteiger partial charge in [-0.15, -0.1) is 0 Å². The Kier molecular flexibility index (Phi) is 7.37. The molecule has 0 radical (unpaired) electrons. The summed E-state index contributed by atoms with van der Waals surface area (Å²) in [6.07, 6.45) is 0.751. The third kappa shape index (κ3) is 5.20. The first-order valence-corrected chi connectivity index (χ1v) is 10.5. The van der Waals surface area contributed by atoms with E-state index in [1.54, 1.807) is 60.4 Å². The smallest absolute Gasteiger partial charge is 0.337 e. The number of nitrogens with one attached hydrogen (secondary N) is 3. The zero-order valence-corrected chi connectivity index (χ0v) is 18.8. The van der Waals surface area contributed by atoms with E-state index in [4.69, 9.17) is 16.3 Å². The topological polar surface area (TPSA) is 99.8 Å². The van der Waals surface area contributed by atoms with Crippen molar-refractivity contribution in [2.24, 2.45) is 0 Å². The number of ether oxygens (including phenoxy) is 1. The molecule has 0 fully saturated rings. The predicted octanol–water partition coefficient (Wildman–Crippen LogP) is 4.91. The normalized spacial score (nSPS) is 15.8. The molecule has 1 atom stereocenters. The maximum Gasteiger partial charge on any atom is 0.337 e. The summed E-state index contributed by atoms with van der Waals surface area (Å²) in [5, 5.41) is 8.83. The summed E-state index contributed by atoms with van der Waals surface area (Å²) in [6, 6.07) is 12.3. The third-order valence-electron chi connectivity index (χ3n) is 5.03. The zero-order chi connectivity index (χ0) is 23.3. The minimum atomic E-state index is -0.655. The fraction of sp³-hybridized carbons (Fsp3) is 0.261. The fourth-order valence-electron chi connectivity index (χ4n) is 3.52. The summed E-state index contributed by atoms with van der Waals surface area (Å²) in [5.74, 6) is -0.503. The molecule has 0 spiro atoms. The molecule has 4 amide bonds. The van der Waals surface area contributed by atoms with Crippen molar-refractivity contribution < 1.29 is 19.1 Å². The van der Waals surface area contributed by atoms with Gasteiger partial charge in [0, 0.05) is 28.6 Å². The Morgan fingerprint density at radius 3 is 2.44 bits per heavy atom. The molecule has 0 aromatic heterocycles. The van der Waals surface area contributed by atoms with Gasteiger partial charge in [-0.2, -0.15) is 0 Å². The van der Waals surface area contributed by atoms with Crippen molar-refractivity contribution in [2.45, 2.75) is 26.3 Å². The molecule has 1 aliphatic heterocycles. The average molecular weight is 457 g/mol. The van der Waals surface area contributed by atoms with Crippen molar-refractivity contribution in [1.29, 1.82) is 0 Å². The van der Waals surface area contributed by atoms with E-state index in [0.717, 1.165) is 6.42 Å². The maximum absolute atomic E-state index is 12.6. The molecule has 8 nitrogen and oxygen atoms in total. The Morgan fingerprint density at radius 1 is 1.12 bits per heavy atom. The first kappa shape index (κ1) is 23.1. The number of allylic oxidation sites excluding steroid dienone is 1. The summed E-state index contributed by atoms with van der Waals surface area (Å²) in [7, 11) is 1.31. The van der Waals surface area contributed by atoms with Gasteiger partial charge >= 0.3 is 18.0 Å². The van der Waals surface area contributed by atoms with E-state index in [2.05, 4.69) is 16.0 Å². The molecular weight excluding hydrogens is 432 g/mol. The molecule has 0 unspecified atom stereocenters. The van der Waals surface area contributed by atoms with Crippen molar-refractivity contribution >= 4 is 41.0 Å². The quantitative estimate of drug-likeness (QED) is 0.538. The Labute approximate surface area is 191 Å². The first-order chi connectivity index (χ1) is 15.3. The van der Waals surface area contributed by atoms with E-state index >= 15 is 0 Å². The van der Waals surface area contributed by atoms with Crippen LogP contribution in [0, 0.1) is 0 Å². The number of hydrogen-bond donors (Lipinski definition) is 3. The minimum Gasteiger partial charge on any atom is -0.466 e. The van der Waals surface area contributed by atoms with Crippen LogP contribution in [-0.4, -0.2) is 36.6 Å². The molecule has 1 aliphatic rings. The summed E-state index contributed by atoms with van der Waals surface area (Å²) >= 11 is 5.93. The van der Waals surface area contributed by atoms with Crippen molar-refractivity contribution in [3.8, 4) is 0 Å². The molecular formula is C23H25ClN4O4. The molecule has 0 saturated heterocycles. The molecule has 32 heavy (non-hydrogen) atoms. The summed E-state index contributed by atoms with van der Waals surface area (Å²) < 4.78 is 4.97. The molecule has 2 aromatic carbocycles. The number of methoxy groups -OCH3 is 1. The number of carbonyl (C=O) groups is 3. The van der Waals surface area contributed by atoms with Gasteiger partial charge in [0.25, 0.3) is 0 Å². The van der Waals surface area contributed by atoms with Crippen LogP contribution in [0.4, 0.5) is 21.0 Å². The van der Waals surface area contributed by atoms with Crippen molar-refractivity contribution in [2.75, 3.05) is 24.3 Å². The Morgan fingerprint density at radius 2 is 1.81 bits per heavy atom. The lowest BCUT2D eigenvalue weighted by Gasteiger charge is -2.35. The van der Waals surface area contributed by atoms with E-state index in [1.807, 2.05) is 6.92 Å². The van der Waals surface area contributed by atoms with Crippen LogP contribution in [0.25, 0.3) is 0 Å². The standard InChI is InChI=1S/C23H25ClN4O4/c1-4-12-28-14(2)19(21(29)32-3)20(27-23(28)31)15-8-10-17(11-9-15)25-22(30)26-18-7-5-6-16(24)13-18/h5-11,13,20H,4,12H2,1-3H3,(H,27,31)(H2,25,26,30)/t20-/m0/s1. The van der Waals surface area contributed by atoms with Crippen LogP contribution in [0.1, 0.15) is 31.9 Å². The van der Waals surface area contributed by atoms with E-state index in [0.29, 0.717) is 39.8 Å². The predicted molar refractivity (Wildman–Crippen MR) is 124 cm³/mol. The number of rotatable bonds is 6. The highest BCUT2D eigenvalue weighted by Crippen LogP contribution is 2.32. The molecule has 1 heterocycles. The van der Waals surface area contributed by atoms with Gasteiger partial charge in [-0.1, -0.05) is 36.7 Å². The maximum atomic E-state index is 12.6. The van der Waals surface area contributed by atoms with Gasteiger partial charge in [0.05, 0.1) is 18.7 Å². The van der Waals surface area contributed by atoms with E-state index in [9.17, 15) is 14.4 Å². The highest BCUT2D eigenvalue weighted by Gasteiger charge is 2.35. The molecule has 3 N–H and O–H groups in total. The number of esters is 1. The number of carbonyl (C=O) groups excluding carboxylic acids is 3. The fourth-order valence-corrected chi connectivity index (χ4v) is 3.71. The average Bonchev–Trinajstić information content (AvgIpc) is 2.76. The SMILES string of the molecule is CCCN1C(=O)N[C@@H](c2ccc(NC(=O)Nc3cccc(Cl)c3)cc2)C(C(=O)OC)=C1C. The van der Waals surface area contributed by atoms with Gasteiger partial charge in [0.2, 0.25) is 0 Å².